The molecular weight excluding hydrogens is 274 g/mol. The van der Waals surface area contributed by atoms with Crippen LogP contribution in [0, 0.1) is 0 Å². The van der Waals surface area contributed by atoms with E-state index in [1.54, 1.807) is 12.1 Å². The van der Waals surface area contributed by atoms with Gasteiger partial charge in [-0.2, -0.15) is 0 Å². The quantitative estimate of drug-likeness (QED) is 0.845. The van der Waals surface area contributed by atoms with Gasteiger partial charge in [-0.1, -0.05) is 41.9 Å². The first kappa shape index (κ1) is 14.6. The monoisotopic (exact) mass is 289 g/mol. The summed E-state index contributed by atoms with van der Waals surface area (Å²) < 4.78 is 0. The van der Waals surface area contributed by atoms with Crippen molar-refractivity contribution in [2.75, 3.05) is 0 Å². The number of phenolic OH excluding ortho intramolecular Hbond substituents is 1. The summed E-state index contributed by atoms with van der Waals surface area (Å²) in [5, 5.41) is 20.4. The van der Waals surface area contributed by atoms with Crippen LogP contribution in [0.1, 0.15) is 24.2 Å². The van der Waals surface area contributed by atoms with E-state index in [1.807, 2.05) is 37.3 Å². The normalized spacial score (nSPS) is 14.3. The SMILES string of the molecule is C[C@H](N=Cc1cc(Cl)ccc1O)[C@H](O)c1ccccc1. The molecule has 0 spiro atoms. The van der Waals surface area contributed by atoms with Crippen LogP contribution >= 0.6 is 11.6 Å². The summed E-state index contributed by atoms with van der Waals surface area (Å²) in [5.41, 5.74) is 1.34. The van der Waals surface area contributed by atoms with Gasteiger partial charge in [-0.25, -0.2) is 0 Å². The first-order chi connectivity index (χ1) is 9.58. The summed E-state index contributed by atoms with van der Waals surface area (Å²) in [4.78, 5) is 4.28. The first-order valence-corrected chi connectivity index (χ1v) is 6.70. The van der Waals surface area contributed by atoms with Gasteiger partial charge in [-0.3, -0.25) is 4.99 Å². The number of aliphatic imine (C=N–C) groups is 1. The third-order valence-electron chi connectivity index (χ3n) is 3.04. The predicted molar refractivity (Wildman–Crippen MR) is 81.6 cm³/mol. The van der Waals surface area contributed by atoms with E-state index in [0.29, 0.717) is 10.6 Å². The molecule has 3 nitrogen and oxygen atoms in total. The van der Waals surface area contributed by atoms with Gasteiger partial charge in [0.2, 0.25) is 0 Å². The lowest BCUT2D eigenvalue weighted by molar-refractivity contribution is 0.154. The van der Waals surface area contributed by atoms with Gasteiger partial charge in [0.05, 0.1) is 6.04 Å². The molecule has 0 radical (unpaired) electrons. The Morgan fingerprint density at radius 1 is 1.15 bits per heavy atom. The van der Waals surface area contributed by atoms with E-state index in [-0.39, 0.29) is 11.8 Å². The van der Waals surface area contributed by atoms with Crippen LogP contribution in [0.5, 0.6) is 5.75 Å². The second-order valence-corrected chi connectivity index (χ2v) is 5.01. The average molecular weight is 290 g/mol. The molecule has 2 N–H and O–H groups in total. The van der Waals surface area contributed by atoms with Crippen molar-refractivity contribution in [3.63, 3.8) is 0 Å². The lowest BCUT2D eigenvalue weighted by Gasteiger charge is -2.15. The first-order valence-electron chi connectivity index (χ1n) is 6.32. The number of phenols is 1. The van der Waals surface area contributed by atoms with Crippen LogP contribution < -0.4 is 0 Å². The zero-order valence-corrected chi connectivity index (χ0v) is 11.8. The molecule has 0 bridgehead atoms. The zero-order valence-electron chi connectivity index (χ0n) is 11.1. The minimum Gasteiger partial charge on any atom is -0.507 e. The van der Waals surface area contributed by atoms with E-state index < -0.39 is 6.10 Å². The summed E-state index contributed by atoms with van der Waals surface area (Å²) >= 11 is 5.87. The summed E-state index contributed by atoms with van der Waals surface area (Å²) in [6.07, 6.45) is 0.840. The van der Waals surface area contributed by atoms with Crippen LogP contribution in [0.2, 0.25) is 5.02 Å². The topological polar surface area (TPSA) is 52.8 Å². The molecule has 20 heavy (non-hydrogen) atoms. The molecule has 2 aromatic carbocycles. The molecule has 0 aliphatic heterocycles. The van der Waals surface area contributed by atoms with Gasteiger partial charge >= 0.3 is 0 Å². The molecule has 0 unspecified atom stereocenters. The van der Waals surface area contributed by atoms with Gasteiger partial charge in [0.15, 0.2) is 0 Å². The van der Waals surface area contributed by atoms with Crippen molar-refractivity contribution in [3.8, 4) is 5.75 Å². The Kier molecular flexibility index (Phi) is 4.77. The van der Waals surface area contributed by atoms with Crippen molar-refractivity contribution in [2.45, 2.75) is 19.1 Å². The molecule has 0 amide bonds. The van der Waals surface area contributed by atoms with E-state index in [2.05, 4.69) is 4.99 Å². The van der Waals surface area contributed by atoms with E-state index in [4.69, 9.17) is 11.6 Å². The number of halogens is 1. The number of aromatic hydroxyl groups is 1. The van der Waals surface area contributed by atoms with Gasteiger partial charge < -0.3 is 10.2 Å². The van der Waals surface area contributed by atoms with Gasteiger partial charge in [0, 0.05) is 16.8 Å². The van der Waals surface area contributed by atoms with Crippen molar-refractivity contribution in [3.05, 3.63) is 64.7 Å². The third kappa shape index (κ3) is 3.59. The van der Waals surface area contributed by atoms with E-state index in [1.165, 1.54) is 12.3 Å². The molecule has 4 heteroatoms. The Morgan fingerprint density at radius 2 is 1.85 bits per heavy atom. The lowest BCUT2D eigenvalue weighted by atomic mass is 10.0. The number of aliphatic hydroxyl groups excluding tert-OH is 1. The molecule has 0 aliphatic rings. The molecule has 0 saturated carbocycles. The second kappa shape index (κ2) is 6.55. The number of rotatable bonds is 4. The van der Waals surface area contributed by atoms with Crippen molar-refractivity contribution in [1.82, 2.24) is 0 Å². The number of benzene rings is 2. The van der Waals surface area contributed by atoms with Crippen molar-refractivity contribution >= 4 is 17.8 Å². The van der Waals surface area contributed by atoms with Crippen LogP contribution in [0.4, 0.5) is 0 Å². The van der Waals surface area contributed by atoms with Gasteiger partial charge in [0.1, 0.15) is 11.9 Å². The summed E-state index contributed by atoms with van der Waals surface area (Å²) in [5.74, 6) is 0.111. The highest BCUT2D eigenvalue weighted by Crippen LogP contribution is 2.22. The maximum Gasteiger partial charge on any atom is 0.124 e. The minimum atomic E-state index is -0.686. The molecule has 2 rings (SSSR count). The third-order valence-corrected chi connectivity index (χ3v) is 3.27. The van der Waals surface area contributed by atoms with Crippen LogP contribution in [0.25, 0.3) is 0 Å². The Labute approximate surface area is 123 Å². The fourth-order valence-electron chi connectivity index (χ4n) is 1.84. The maximum atomic E-state index is 10.2. The molecule has 2 atom stereocenters. The van der Waals surface area contributed by atoms with Crippen LogP contribution in [0.15, 0.2) is 53.5 Å². The van der Waals surface area contributed by atoms with E-state index >= 15 is 0 Å². The fraction of sp³-hybridized carbons (Fsp3) is 0.188. The Hall–Kier alpha value is -1.84. The molecule has 104 valence electrons. The van der Waals surface area contributed by atoms with E-state index in [0.717, 1.165) is 5.56 Å². The number of nitrogens with zero attached hydrogens (tertiary/aromatic N) is 1. The van der Waals surface area contributed by atoms with Crippen molar-refractivity contribution in [1.29, 1.82) is 0 Å². The largest absolute Gasteiger partial charge is 0.507 e. The standard InChI is InChI=1S/C16H16ClNO2/c1-11(16(20)12-5-3-2-4-6-12)18-10-13-9-14(17)7-8-15(13)19/h2-11,16,19-20H,1H3/t11-,16-/m0/s1. The molecule has 0 aliphatic carbocycles. The number of aliphatic hydroxyl groups is 1. The van der Waals surface area contributed by atoms with Crippen LogP contribution in [0.3, 0.4) is 0 Å². The molecule has 0 heterocycles. The Morgan fingerprint density at radius 3 is 2.55 bits per heavy atom. The molecule has 0 aromatic heterocycles. The highest BCUT2D eigenvalue weighted by atomic mass is 35.5. The maximum absolute atomic E-state index is 10.2. The minimum absolute atomic E-state index is 0.111. The van der Waals surface area contributed by atoms with Crippen LogP contribution in [-0.4, -0.2) is 22.5 Å². The average Bonchev–Trinajstić information content (AvgIpc) is 2.48. The molecule has 0 fully saturated rings. The molecular formula is C16H16ClNO2. The molecule has 0 saturated heterocycles. The second-order valence-electron chi connectivity index (χ2n) is 4.58. The molecule has 2 aromatic rings. The summed E-state index contributed by atoms with van der Waals surface area (Å²) in [6.45, 7) is 1.82. The zero-order chi connectivity index (χ0) is 14.5. The number of hydrogen-bond acceptors (Lipinski definition) is 3. The fourth-order valence-corrected chi connectivity index (χ4v) is 2.02. The Balaban J connectivity index is 2.13. The van der Waals surface area contributed by atoms with Gasteiger partial charge in [-0.15, -0.1) is 0 Å². The predicted octanol–water partition coefficient (Wildman–Crippen LogP) is 3.59. The summed E-state index contributed by atoms with van der Waals surface area (Å²) in [7, 11) is 0. The lowest BCUT2D eigenvalue weighted by Crippen LogP contribution is -2.12. The van der Waals surface area contributed by atoms with Gasteiger partial charge in [-0.05, 0) is 30.7 Å². The van der Waals surface area contributed by atoms with E-state index in [9.17, 15) is 10.2 Å². The highest BCUT2D eigenvalue weighted by molar-refractivity contribution is 6.30. The van der Waals surface area contributed by atoms with Crippen molar-refractivity contribution < 1.29 is 10.2 Å². The van der Waals surface area contributed by atoms with Gasteiger partial charge in [0.25, 0.3) is 0 Å². The highest BCUT2D eigenvalue weighted by Gasteiger charge is 2.14. The number of hydrogen-bond donors (Lipinski definition) is 2. The smallest absolute Gasteiger partial charge is 0.124 e. The van der Waals surface area contributed by atoms with Crippen LogP contribution in [-0.2, 0) is 0 Å². The Bertz CT molecular complexity index is 599. The van der Waals surface area contributed by atoms with Crippen molar-refractivity contribution in [2.24, 2.45) is 4.99 Å². The summed E-state index contributed by atoms with van der Waals surface area (Å²) in [6, 6.07) is 13.8.